The number of hydrogen-bond acceptors (Lipinski definition) is 2. The first-order valence-electron chi connectivity index (χ1n) is 1.78. The van der Waals surface area contributed by atoms with Crippen LogP contribution < -0.4 is 5.48 Å². The van der Waals surface area contributed by atoms with E-state index in [0.29, 0.717) is 6.54 Å². The second-order valence-electron chi connectivity index (χ2n) is 0.908. The summed E-state index contributed by atoms with van der Waals surface area (Å²) in [6.45, 7) is 2.68. The van der Waals surface area contributed by atoms with Crippen LogP contribution >= 0.6 is 0 Å². The fourth-order valence-corrected chi connectivity index (χ4v) is 0.112. The van der Waals surface area contributed by atoms with Gasteiger partial charge in [0, 0.05) is 6.54 Å². The van der Waals surface area contributed by atoms with Gasteiger partial charge in [-0.05, 0) is 6.42 Å². The van der Waals surface area contributed by atoms with Crippen molar-refractivity contribution in [3.05, 3.63) is 0 Å². The monoisotopic (exact) mass is 93.1 g/mol. The molecule has 0 aliphatic carbocycles. The fraction of sp³-hybridized carbons (Fsp3) is 1.00. The third kappa shape index (κ3) is 9.11. The van der Waals surface area contributed by atoms with E-state index in [-0.39, 0.29) is 5.48 Å². The van der Waals surface area contributed by atoms with Crippen molar-refractivity contribution < 1.29 is 10.7 Å². The quantitative estimate of drug-likeness (QED) is 0.454. The van der Waals surface area contributed by atoms with Crippen LogP contribution in [-0.4, -0.2) is 17.2 Å². The molecule has 0 unspecified atom stereocenters. The highest BCUT2D eigenvalue weighted by Gasteiger charge is 1.66. The zero-order valence-electron chi connectivity index (χ0n) is 3.86. The Balaban J connectivity index is 0. The number of hydroxylamine groups is 1. The van der Waals surface area contributed by atoms with Crippen molar-refractivity contribution in [3.63, 3.8) is 0 Å². The molecule has 0 radical (unpaired) electrons. The second kappa shape index (κ2) is 8.86. The minimum Gasteiger partial charge on any atom is -0.412 e. The Bertz CT molecular complexity index is 16.3. The van der Waals surface area contributed by atoms with Gasteiger partial charge in [0.15, 0.2) is 0 Å². The van der Waals surface area contributed by atoms with Crippen LogP contribution in [0.3, 0.4) is 0 Å². The van der Waals surface area contributed by atoms with E-state index in [0.717, 1.165) is 6.42 Å². The van der Waals surface area contributed by atoms with Gasteiger partial charge in [0.25, 0.3) is 0 Å². The van der Waals surface area contributed by atoms with Crippen LogP contribution in [0.1, 0.15) is 13.3 Å². The van der Waals surface area contributed by atoms with Crippen molar-refractivity contribution in [1.82, 2.24) is 5.48 Å². The fourth-order valence-electron chi connectivity index (χ4n) is 0.112. The molecule has 40 valence electrons. The van der Waals surface area contributed by atoms with Crippen LogP contribution in [0.4, 0.5) is 0 Å². The van der Waals surface area contributed by atoms with E-state index < -0.39 is 0 Å². The van der Waals surface area contributed by atoms with Crippen LogP contribution in [0.5, 0.6) is 0 Å². The largest absolute Gasteiger partial charge is 0.412 e. The standard InChI is InChI=1S/C3H9NO.H2O/c1-2-3-4-5;/h4-5H,2-3H2,1H3;1H2. The summed E-state index contributed by atoms with van der Waals surface area (Å²) in [6, 6.07) is 0. The average molecular weight is 93.1 g/mol. The third-order valence-electron chi connectivity index (χ3n) is 0.362. The van der Waals surface area contributed by atoms with Gasteiger partial charge < -0.3 is 10.7 Å². The highest BCUT2D eigenvalue weighted by molar-refractivity contribution is 4.22. The smallest absolute Gasteiger partial charge is 0.0204 e. The average Bonchev–Trinajstić information content (AvgIpc) is 1.41. The zero-order chi connectivity index (χ0) is 4.12. The van der Waals surface area contributed by atoms with E-state index in [4.69, 9.17) is 5.21 Å². The van der Waals surface area contributed by atoms with Gasteiger partial charge in [-0.15, -0.1) is 0 Å². The predicted molar refractivity (Wildman–Crippen MR) is 23.7 cm³/mol. The molecule has 0 rings (SSSR count). The Morgan fingerprint density at radius 2 is 2.17 bits per heavy atom. The molecule has 0 aliphatic heterocycles. The molecule has 0 aliphatic rings. The van der Waals surface area contributed by atoms with Gasteiger partial charge in [-0.1, -0.05) is 6.92 Å². The topological polar surface area (TPSA) is 63.8 Å². The lowest BCUT2D eigenvalue weighted by molar-refractivity contribution is 0.167. The summed E-state index contributed by atoms with van der Waals surface area (Å²) in [5.74, 6) is 0. The molecule has 0 saturated carbocycles. The first-order chi connectivity index (χ1) is 2.41. The summed E-state index contributed by atoms with van der Waals surface area (Å²) in [4.78, 5) is 0. The maximum Gasteiger partial charge on any atom is 0.0204 e. The van der Waals surface area contributed by atoms with Crippen LogP contribution in [0.2, 0.25) is 0 Å². The van der Waals surface area contributed by atoms with Crippen LogP contribution in [0.15, 0.2) is 0 Å². The van der Waals surface area contributed by atoms with E-state index in [1.54, 1.807) is 0 Å². The SMILES string of the molecule is CCCNO.O. The maximum atomic E-state index is 7.82. The predicted octanol–water partition coefficient (Wildman–Crippen LogP) is -0.450. The summed E-state index contributed by atoms with van der Waals surface area (Å²) >= 11 is 0. The van der Waals surface area contributed by atoms with Crippen molar-refractivity contribution in [3.8, 4) is 0 Å². The molecule has 0 aromatic carbocycles. The first kappa shape index (κ1) is 9.30. The molecule has 0 aromatic heterocycles. The Kier molecular flexibility index (Phi) is 13.7. The van der Waals surface area contributed by atoms with Crippen molar-refractivity contribution in [1.29, 1.82) is 0 Å². The lowest BCUT2D eigenvalue weighted by Crippen LogP contribution is -2.06. The molecule has 3 heteroatoms. The molecular weight excluding hydrogens is 82.0 g/mol. The Hall–Kier alpha value is -0.120. The maximum absolute atomic E-state index is 7.82. The number of hydrogen-bond donors (Lipinski definition) is 2. The lowest BCUT2D eigenvalue weighted by atomic mass is 10.5. The van der Waals surface area contributed by atoms with Gasteiger partial charge in [0.1, 0.15) is 0 Å². The summed E-state index contributed by atoms with van der Waals surface area (Å²) < 4.78 is 0. The number of nitrogens with one attached hydrogen (secondary N) is 1. The molecule has 3 nitrogen and oxygen atoms in total. The number of rotatable bonds is 2. The van der Waals surface area contributed by atoms with Crippen LogP contribution in [0, 0.1) is 0 Å². The second-order valence-corrected chi connectivity index (χ2v) is 0.908. The minimum absolute atomic E-state index is 0. The Morgan fingerprint density at radius 1 is 1.67 bits per heavy atom. The van der Waals surface area contributed by atoms with E-state index in [1.165, 1.54) is 0 Å². The first-order valence-corrected chi connectivity index (χ1v) is 1.78. The van der Waals surface area contributed by atoms with Gasteiger partial charge in [-0.25, -0.2) is 5.48 Å². The summed E-state index contributed by atoms with van der Waals surface area (Å²) in [7, 11) is 0. The molecule has 0 amide bonds. The van der Waals surface area contributed by atoms with Crippen LogP contribution in [0.25, 0.3) is 0 Å². The molecule has 0 saturated heterocycles. The Morgan fingerprint density at radius 3 is 2.17 bits per heavy atom. The van der Waals surface area contributed by atoms with E-state index >= 15 is 0 Å². The van der Waals surface area contributed by atoms with Crippen molar-refractivity contribution >= 4 is 0 Å². The van der Waals surface area contributed by atoms with E-state index in [9.17, 15) is 0 Å². The van der Waals surface area contributed by atoms with Crippen molar-refractivity contribution in [2.75, 3.05) is 6.54 Å². The molecule has 0 spiro atoms. The molecule has 0 heterocycles. The molecular formula is C3H11NO2. The normalized spacial score (nSPS) is 7.00. The minimum atomic E-state index is 0. The van der Waals surface area contributed by atoms with E-state index in [1.807, 2.05) is 12.4 Å². The molecule has 4 N–H and O–H groups in total. The van der Waals surface area contributed by atoms with Gasteiger partial charge in [0.05, 0.1) is 0 Å². The molecule has 0 aromatic rings. The highest BCUT2D eigenvalue weighted by Crippen LogP contribution is 1.62. The molecule has 6 heavy (non-hydrogen) atoms. The molecule has 0 fully saturated rings. The van der Waals surface area contributed by atoms with Gasteiger partial charge >= 0.3 is 0 Å². The zero-order valence-corrected chi connectivity index (χ0v) is 3.86. The van der Waals surface area contributed by atoms with Crippen molar-refractivity contribution in [2.24, 2.45) is 0 Å². The van der Waals surface area contributed by atoms with Gasteiger partial charge in [0.2, 0.25) is 0 Å². The van der Waals surface area contributed by atoms with Crippen molar-refractivity contribution in [2.45, 2.75) is 13.3 Å². The van der Waals surface area contributed by atoms with Gasteiger partial charge in [-0.3, -0.25) is 0 Å². The summed E-state index contributed by atoms with van der Waals surface area (Å²) in [6.07, 6.45) is 0.983. The summed E-state index contributed by atoms with van der Waals surface area (Å²) in [5, 5.41) is 7.82. The Labute approximate surface area is 37.2 Å². The third-order valence-corrected chi connectivity index (χ3v) is 0.362. The molecule has 0 bridgehead atoms. The van der Waals surface area contributed by atoms with Gasteiger partial charge in [-0.2, -0.15) is 0 Å². The highest BCUT2D eigenvalue weighted by atomic mass is 16.5. The van der Waals surface area contributed by atoms with Crippen LogP contribution in [-0.2, 0) is 0 Å². The summed E-state index contributed by atoms with van der Waals surface area (Å²) in [5.41, 5.74) is 2.02. The lowest BCUT2D eigenvalue weighted by Gasteiger charge is -1.83. The van der Waals surface area contributed by atoms with E-state index in [2.05, 4.69) is 0 Å². The molecule has 0 atom stereocenters.